The SMILES string of the molecule is CCCCCCCCCCCCCCC(=O)N[C@@H](CO)C(=O)O. The van der Waals surface area contributed by atoms with E-state index in [2.05, 4.69) is 12.2 Å². The fourth-order valence-corrected chi connectivity index (χ4v) is 2.58. The van der Waals surface area contributed by atoms with Crippen LogP contribution in [0.4, 0.5) is 0 Å². The van der Waals surface area contributed by atoms with Gasteiger partial charge in [0.1, 0.15) is 6.04 Å². The van der Waals surface area contributed by atoms with E-state index in [-0.39, 0.29) is 5.91 Å². The van der Waals surface area contributed by atoms with Crippen molar-refractivity contribution in [2.24, 2.45) is 0 Å². The Morgan fingerprint density at radius 2 is 1.26 bits per heavy atom. The summed E-state index contributed by atoms with van der Waals surface area (Å²) in [5.74, 6) is -1.49. The van der Waals surface area contributed by atoms with E-state index in [0.29, 0.717) is 6.42 Å². The maximum atomic E-state index is 11.5. The fraction of sp³-hybridized carbons (Fsp3) is 0.889. The molecule has 0 spiro atoms. The monoisotopic (exact) mass is 329 g/mol. The Hall–Kier alpha value is -1.10. The molecule has 136 valence electrons. The molecule has 0 heterocycles. The zero-order valence-electron chi connectivity index (χ0n) is 14.7. The van der Waals surface area contributed by atoms with Gasteiger partial charge in [0.25, 0.3) is 0 Å². The van der Waals surface area contributed by atoms with Gasteiger partial charge in [0.15, 0.2) is 0 Å². The van der Waals surface area contributed by atoms with Gasteiger partial charge in [-0.05, 0) is 6.42 Å². The zero-order chi connectivity index (χ0) is 17.3. The van der Waals surface area contributed by atoms with Crippen LogP contribution in [-0.4, -0.2) is 34.7 Å². The molecule has 0 aromatic rings. The highest BCUT2D eigenvalue weighted by molar-refractivity contribution is 5.83. The highest BCUT2D eigenvalue weighted by Gasteiger charge is 2.17. The van der Waals surface area contributed by atoms with Gasteiger partial charge in [0.2, 0.25) is 5.91 Å². The Morgan fingerprint density at radius 1 is 0.826 bits per heavy atom. The summed E-state index contributed by atoms with van der Waals surface area (Å²) in [6, 6.07) is -1.18. The van der Waals surface area contributed by atoms with Crippen LogP contribution in [0.1, 0.15) is 90.4 Å². The smallest absolute Gasteiger partial charge is 0.328 e. The molecule has 0 rings (SSSR count). The molecule has 1 amide bonds. The van der Waals surface area contributed by atoms with Crippen molar-refractivity contribution in [3.8, 4) is 0 Å². The molecule has 0 aliphatic heterocycles. The number of carboxylic acids is 1. The number of aliphatic hydroxyl groups is 1. The number of hydrogen-bond acceptors (Lipinski definition) is 3. The van der Waals surface area contributed by atoms with Crippen molar-refractivity contribution in [2.75, 3.05) is 6.61 Å². The van der Waals surface area contributed by atoms with Crippen LogP contribution in [-0.2, 0) is 9.59 Å². The maximum absolute atomic E-state index is 11.5. The lowest BCUT2D eigenvalue weighted by Crippen LogP contribution is -2.43. The van der Waals surface area contributed by atoms with Crippen LogP contribution in [0, 0.1) is 0 Å². The molecule has 0 unspecified atom stereocenters. The second kappa shape index (κ2) is 15.8. The molecule has 0 fully saturated rings. The van der Waals surface area contributed by atoms with Gasteiger partial charge in [0.05, 0.1) is 6.61 Å². The predicted octanol–water partition coefficient (Wildman–Crippen LogP) is 3.64. The topological polar surface area (TPSA) is 86.6 Å². The molecule has 0 bridgehead atoms. The third-order valence-electron chi connectivity index (χ3n) is 4.07. The first-order valence-electron chi connectivity index (χ1n) is 9.24. The van der Waals surface area contributed by atoms with Crippen LogP contribution in [0.5, 0.6) is 0 Å². The number of hydrogen-bond donors (Lipinski definition) is 3. The van der Waals surface area contributed by atoms with E-state index in [0.717, 1.165) is 19.3 Å². The molecule has 5 nitrogen and oxygen atoms in total. The molecule has 0 aliphatic rings. The Morgan fingerprint density at radius 3 is 1.65 bits per heavy atom. The standard InChI is InChI=1S/C18H35NO4/c1-2-3-4-5-6-7-8-9-10-11-12-13-14-17(21)19-16(15-20)18(22)23/h16,20H,2-15H2,1H3,(H,19,21)(H,22,23)/t16-/m0/s1. The van der Waals surface area contributed by atoms with Crippen molar-refractivity contribution in [1.29, 1.82) is 0 Å². The number of nitrogens with one attached hydrogen (secondary N) is 1. The Bertz CT molecular complexity index is 307. The van der Waals surface area contributed by atoms with Crippen molar-refractivity contribution in [3.63, 3.8) is 0 Å². The first kappa shape index (κ1) is 21.9. The van der Waals surface area contributed by atoms with Gasteiger partial charge in [-0.1, -0.05) is 77.6 Å². The van der Waals surface area contributed by atoms with E-state index in [1.165, 1.54) is 57.8 Å². The van der Waals surface area contributed by atoms with Crippen LogP contribution in [0.3, 0.4) is 0 Å². The minimum atomic E-state index is -1.20. The van der Waals surface area contributed by atoms with E-state index in [9.17, 15) is 9.59 Å². The maximum Gasteiger partial charge on any atom is 0.328 e. The van der Waals surface area contributed by atoms with E-state index in [1.54, 1.807) is 0 Å². The molecule has 0 aliphatic carbocycles. The molecule has 5 heteroatoms. The van der Waals surface area contributed by atoms with Gasteiger partial charge in [-0.15, -0.1) is 0 Å². The van der Waals surface area contributed by atoms with Crippen LogP contribution in [0.15, 0.2) is 0 Å². The van der Waals surface area contributed by atoms with Crippen LogP contribution >= 0.6 is 0 Å². The second-order valence-electron chi connectivity index (χ2n) is 6.28. The Balaban J connectivity index is 3.32. The lowest BCUT2D eigenvalue weighted by Gasteiger charge is -2.11. The number of carboxylic acid groups (broad SMARTS) is 1. The Labute approximate surface area is 140 Å². The zero-order valence-corrected chi connectivity index (χ0v) is 14.7. The summed E-state index contributed by atoms with van der Waals surface area (Å²) in [4.78, 5) is 22.2. The summed E-state index contributed by atoms with van der Waals surface area (Å²) in [6.07, 6.45) is 15.1. The van der Waals surface area contributed by atoms with Gasteiger partial charge in [-0.2, -0.15) is 0 Å². The average molecular weight is 329 g/mol. The summed E-state index contributed by atoms with van der Waals surface area (Å²) in [7, 11) is 0. The van der Waals surface area contributed by atoms with Crippen molar-refractivity contribution in [1.82, 2.24) is 5.32 Å². The van der Waals surface area contributed by atoms with Crippen molar-refractivity contribution >= 4 is 11.9 Å². The van der Waals surface area contributed by atoms with Crippen molar-refractivity contribution in [3.05, 3.63) is 0 Å². The molecule has 3 N–H and O–H groups in total. The van der Waals surface area contributed by atoms with Crippen molar-refractivity contribution < 1.29 is 19.8 Å². The molecule has 0 radical (unpaired) electrons. The molecular weight excluding hydrogens is 294 g/mol. The summed E-state index contributed by atoms with van der Waals surface area (Å²) in [5.41, 5.74) is 0. The third-order valence-corrected chi connectivity index (χ3v) is 4.07. The van der Waals surface area contributed by atoms with Crippen molar-refractivity contribution in [2.45, 2.75) is 96.4 Å². The highest BCUT2D eigenvalue weighted by atomic mass is 16.4. The van der Waals surface area contributed by atoms with E-state index >= 15 is 0 Å². The molecule has 0 saturated heterocycles. The van der Waals surface area contributed by atoms with E-state index in [1.807, 2.05) is 0 Å². The van der Waals surface area contributed by atoms with E-state index in [4.69, 9.17) is 10.2 Å². The Kier molecular flexibility index (Phi) is 15.0. The molecular formula is C18H35NO4. The number of rotatable bonds is 16. The fourth-order valence-electron chi connectivity index (χ4n) is 2.58. The van der Waals surface area contributed by atoms with Gasteiger partial charge >= 0.3 is 5.97 Å². The number of amides is 1. The number of unbranched alkanes of at least 4 members (excludes halogenated alkanes) is 11. The van der Waals surface area contributed by atoms with Gasteiger partial charge in [0, 0.05) is 6.42 Å². The number of aliphatic hydroxyl groups excluding tert-OH is 1. The lowest BCUT2D eigenvalue weighted by atomic mass is 10.0. The minimum absolute atomic E-state index is 0.293. The molecule has 1 atom stereocenters. The lowest BCUT2D eigenvalue weighted by molar-refractivity contribution is -0.142. The largest absolute Gasteiger partial charge is 0.480 e. The van der Waals surface area contributed by atoms with Gasteiger partial charge in [-0.3, -0.25) is 4.79 Å². The highest BCUT2D eigenvalue weighted by Crippen LogP contribution is 2.12. The minimum Gasteiger partial charge on any atom is -0.480 e. The van der Waals surface area contributed by atoms with Gasteiger partial charge in [-0.25, -0.2) is 4.79 Å². The average Bonchev–Trinajstić information content (AvgIpc) is 2.53. The van der Waals surface area contributed by atoms with Crippen LogP contribution in [0.25, 0.3) is 0 Å². The first-order valence-corrected chi connectivity index (χ1v) is 9.24. The molecule has 23 heavy (non-hydrogen) atoms. The van der Waals surface area contributed by atoms with Crippen LogP contribution < -0.4 is 5.32 Å². The molecule has 0 aromatic heterocycles. The quantitative estimate of drug-likeness (QED) is 0.377. The predicted molar refractivity (Wildman–Crippen MR) is 92.3 cm³/mol. The third kappa shape index (κ3) is 14.2. The first-order chi connectivity index (χ1) is 11.1. The second-order valence-corrected chi connectivity index (χ2v) is 6.28. The number of carbonyl (C=O) groups is 2. The summed E-state index contributed by atoms with van der Waals surface area (Å²) in [5, 5.41) is 19.9. The normalized spacial score (nSPS) is 12.1. The van der Waals surface area contributed by atoms with Crippen LogP contribution in [0.2, 0.25) is 0 Å². The van der Waals surface area contributed by atoms with Gasteiger partial charge < -0.3 is 15.5 Å². The summed E-state index contributed by atoms with van der Waals surface area (Å²) in [6.45, 7) is 1.67. The molecule has 0 saturated carbocycles. The molecule has 0 aromatic carbocycles. The van der Waals surface area contributed by atoms with E-state index < -0.39 is 18.6 Å². The summed E-state index contributed by atoms with van der Waals surface area (Å²) >= 11 is 0. The summed E-state index contributed by atoms with van der Waals surface area (Å²) < 4.78 is 0. The number of carbonyl (C=O) groups excluding carboxylic acids is 1. The number of aliphatic carboxylic acids is 1.